The van der Waals surface area contributed by atoms with Gasteiger partial charge in [0.25, 0.3) is 0 Å². The molecule has 0 fully saturated rings. The van der Waals surface area contributed by atoms with Gasteiger partial charge in [-0.1, -0.05) is 12.1 Å². The van der Waals surface area contributed by atoms with Crippen LogP contribution in [0.15, 0.2) is 41.5 Å². The van der Waals surface area contributed by atoms with Crippen molar-refractivity contribution in [3.63, 3.8) is 0 Å². The molecule has 0 aliphatic heterocycles. The van der Waals surface area contributed by atoms with Crippen molar-refractivity contribution in [2.45, 2.75) is 13.1 Å². The lowest BCUT2D eigenvalue weighted by Gasteiger charge is -2.12. The number of aryl methyl sites for hydroxylation is 1. The Bertz CT molecular complexity index is 659. The van der Waals surface area contributed by atoms with Crippen LogP contribution < -0.4 is 16.4 Å². The first-order chi connectivity index (χ1) is 10.6. The number of primary amides is 1. The lowest BCUT2D eigenvalue weighted by atomic mass is 10.1. The molecule has 0 bridgehead atoms. The number of aromatic nitrogens is 2. The Kier molecular flexibility index (Phi) is 5.13. The normalized spacial score (nSPS) is 11.3. The van der Waals surface area contributed by atoms with E-state index >= 15 is 0 Å². The van der Waals surface area contributed by atoms with Gasteiger partial charge in [0.05, 0.1) is 12.2 Å². The summed E-state index contributed by atoms with van der Waals surface area (Å²) in [6.07, 6.45) is 1.76. The molecule has 0 saturated heterocycles. The number of carbonyl (C=O) groups is 1. The van der Waals surface area contributed by atoms with Gasteiger partial charge in [0.2, 0.25) is 5.91 Å². The Morgan fingerprint density at radius 3 is 2.45 bits per heavy atom. The summed E-state index contributed by atoms with van der Waals surface area (Å²) < 4.78 is 1.81. The van der Waals surface area contributed by atoms with E-state index in [9.17, 15) is 4.79 Å². The Morgan fingerprint density at radius 1 is 1.23 bits per heavy atom. The van der Waals surface area contributed by atoms with Crippen molar-refractivity contribution in [2.24, 2.45) is 17.8 Å². The minimum atomic E-state index is -0.423. The van der Waals surface area contributed by atoms with E-state index in [0.29, 0.717) is 24.6 Å². The van der Waals surface area contributed by atoms with Crippen LogP contribution in [-0.4, -0.2) is 28.7 Å². The number of rotatable bonds is 5. The number of hydrogen-bond donors (Lipinski definition) is 3. The predicted molar refractivity (Wildman–Crippen MR) is 85.2 cm³/mol. The Hall–Kier alpha value is -2.83. The first kappa shape index (κ1) is 15.6. The van der Waals surface area contributed by atoms with Gasteiger partial charge in [0.1, 0.15) is 0 Å². The number of aliphatic imine (C=N–C) groups is 1. The summed E-state index contributed by atoms with van der Waals surface area (Å²) in [4.78, 5) is 15.2. The summed E-state index contributed by atoms with van der Waals surface area (Å²) in [6.45, 7) is 1.24. The Balaban J connectivity index is 1.86. The molecule has 7 heteroatoms. The van der Waals surface area contributed by atoms with Gasteiger partial charge in [-0.2, -0.15) is 5.10 Å². The predicted octanol–water partition coefficient (Wildman–Crippen LogP) is 0.384. The largest absolute Gasteiger partial charge is 0.366 e. The number of hydrogen-bond acceptors (Lipinski definition) is 3. The van der Waals surface area contributed by atoms with Gasteiger partial charge in [0, 0.05) is 32.4 Å². The molecule has 0 unspecified atom stereocenters. The quantitative estimate of drug-likeness (QED) is 0.549. The zero-order valence-corrected chi connectivity index (χ0v) is 12.7. The maximum absolute atomic E-state index is 11.0. The number of amides is 1. The fourth-order valence-corrected chi connectivity index (χ4v) is 1.94. The highest BCUT2D eigenvalue weighted by molar-refractivity contribution is 5.92. The fourth-order valence-electron chi connectivity index (χ4n) is 1.94. The lowest BCUT2D eigenvalue weighted by molar-refractivity contribution is 0.100. The second-order valence-electron chi connectivity index (χ2n) is 4.79. The second-order valence-corrected chi connectivity index (χ2v) is 4.79. The highest BCUT2D eigenvalue weighted by Crippen LogP contribution is 2.03. The van der Waals surface area contributed by atoms with Crippen LogP contribution in [0.3, 0.4) is 0 Å². The minimum Gasteiger partial charge on any atom is -0.366 e. The average molecular weight is 300 g/mol. The van der Waals surface area contributed by atoms with Crippen molar-refractivity contribution in [3.05, 3.63) is 53.3 Å². The summed E-state index contributed by atoms with van der Waals surface area (Å²) >= 11 is 0. The number of nitrogens with two attached hydrogens (primary N) is 1. The topological polar surface area (TPSA) is 97.3 Å². The molecule has 0 saturated carbocycles. The lowest BCUT2D eigenvalue weighted by Crippen LogP contribution is -2.36. The summed E-state index contributed by atoms with van der Waals surface area (Å²) in [5.41, 5.74) is 7.82. The van der Waals surface area contributed by atoms with Crippen LogP contribution in [0.25, 0.3) is 0 Å². The second kappa shape index (κ2) is 7.26. The summed E-state index contributed by atoms with van der Waals surface area (Å²) in [7, 11) is 3.61. The van der Waals surface area contributed by atoms with Gasteiger partial charge in [-0.25, -0.2) is 0 Å². The van der Waals surface area contributed by atoms with E-state index in [0.717, 1.165) is 11.3 Å². The number of benzene rings is 1. The van der Waals surface area contributed by atoms with Gasteiger partial charge in [-0.05, 0) is 23.8 Å². The van der Waals surface area contributed by atoms with Crippen LogP contribution >= 0.6 is 0 Å². The van der Waals surface area contributed by atoms with Crippen LogP contribution in [0.1, 0.15) is 21.6 Å². The molecule has 0 radical (unpaired) electrons. The van der Waals surface area contributed by atoms with Crippen molar-refractivity contribution in [3.8, 4) is 0 Å². The third-order valence-electron chi connectivity index (χ3n) is 3.28. The van der Waals surface area contributed by atoms with Crippen LogP contribution in [0, 0.1) is 0 Å². The molecule has 2 aromatic rings. The maximum Gasteiger partial charge on any atom is 0.248 e. The molecule has 0 aliphatic rings. The molecule has 1 aromatic heterocycles. The average Bonchev–Trinajstić information content (AvgIpc) is 2.93. The number of carbonyl (C=O) groups excluding carboxylic acids is 1. The zero-order valence-electron chi connectivity index (χ0n) is 12.7. The molecule has 2 rings (SSSR count). The van der Waals surface area contributed by atoms with E-state index in [4.69, 9.17) is 5.73 Å². The van der Waals surface area contributed by atoms with Gasteiger partial charge >= 0.3 is 0 Å². The van der Waals surface area contributed by atoms with Gasteiger partial charge in [-0.3, -0.25) is 14.5 Å². The SMILES string of the molecule is CN=C(NCc1ccc(C(N)=O)cc1)NCc1ccnn1C. The molecular formula is C15H20N6O. The number of nitrogens with zero attached hydrogens (tertiary/aromatic N) is 3. The van der Waals surface area contributed by atoms with E-state index in [-0.39, 0.29) is 0 Å². The van der Waals surface area contributed by atoms with E-state index in [1.165, 1.54) is 0 Å². The van der Waals surface area contributed by atoms with Crippen molar-refractivity contribution < 1.29 is 4.79 Å². The fraction of sp³-hybridized carbons (Fsp3) is 0.267. The van der Waals surface area contributed by atoms with E-state index in [1.54, 1.807) is 25.4 Å². The highest BCUT2D eigenvalue weighted by Gasteiger charge is 2.03. The van der Waals surface area contributed by atoms with E-state index in [2.05, 4.69) is 20.7 Å². The highest BCUT2D eigenvalue weighted by atomic mass is 16.1. The minimum absolute atomic E-state index is 0.423. The molecule has 0 spiro atoms. The van der Waals surface area contributed by atoms with Gasteiger partial charge in [-0.15, -0.1) is 0 Å². The molecule has 1 amide bonds. The van der Waals surface area contributed by atoms with E-state index in [1.807, 2.05) is 29.9 Å². The number of guanidine groups is 1. The molecule has 0 aliphatic carbocycles. The Morgan fingerprint density at radius 2 is 1.91 bits per heavy atom. The van der Waals surface area contributed by atoms with Crippen molar-refractivity contribution in [1.82, 2.24) is 20.4 Å². The monoisotopic (exact) mass is 300 g/mol. The van der Waals surface area contributed by atoms with E-state index < -0.39 is 5.91 Å². The van der Waals surface area contributed by atoms with Crippen molar-refractivity contribution in [1.29, 1.82) is 0 Å². The van der Waals surface area contributed by atoms with Crippen LogP contribution in [-0.2, 0) is 20.1 Å². The molecule has 4 N–H and O–H groups in total. The molecule has 0 atom stereocenters. The van der Waals surface area contributed by atoms with Crippen molar-refractivity contribution in [2.75, 3.05) is 7.05 Å². The van der Waals surface area contributed by atoms with Crippen molar-refractivity contribution >= 4 is 11.9 Å². The first-order valence-corrected chi connectivity index (χ1v) is 6.90. The zero-order chi connectivity index (χ0) is 15.9. The maximum atomic E-state index is 11.0. The van der Waals surface area contributed by atoms with Crippen LogP contribution in [0.4, 0.5) is 0 Å². The summed E-state index contributed by atoms with van der Waals surface area (Å²) in [6, 6.07) is 9.10. The molecule has 7 nitrogen and oxygen atoms in total. The van der Waals surface area contributed by atoms with Crippen LogP contribution in [0.5, 0.6) is 0 Å². The van der Waals surface area contributed by atoms with Gasteiger partial charge in [0.15, 0.2) is 5.96 Å². The summed E-state index contributed by atoms with van der Waals surface area (Å²) in [5.74, 6) is 0.272. The standard InChI is InChI=1S/C15H20N6O/c1-17-15(19-10-13-7-8-20-21(13)2)18-9-11-3-5-12(6-4-11)14(16)22/h3-8H,9-10H2,1-2H3,(H2,16,22)(H2,17,18,19). The molecular weight excluding hydrogens is 280 g/mol. The third-order valence-corrected chi connectivity index (χ3v) is 3.28. The molecule has 116 valence electrons. The first-order valence-electron chi connectivity index (χ1n) is 6.90. The molecule has 1 aromatic carbocycles. The Labute approximate surface area is 129 Å². The van der Waals surface area contributed by atoms with Gasteiger partial charge < -0.3 is 16.4 Å². The third kappa shape index (κ3) is 4.08. The molecule has 1 heterocycles. The summed E-state index contributed by atoms with van der Waals surface area (Å²) in [5, 5.41) is 10.5. The number of nitrogens with one attached hydrogen (secondary N) is 2. The molecule has 22 heavy (non-hydrogen) atoms. The smallest absolute Gasteiger partial charge is 0.248 e. The van der Waals surface area contributed by atoms with Crippen LogP contribution in [0.2, 0.25) is 0 Å².